The third-order valence-corrected chi connectivity index (χ3v) is 9.78. The van der Waals surface area contributed by atoms with Gasteiger partial charge in [0.25, 0.3) is 0 Å². The maximum atomic E-state index is 13.0. The van der Waals surface area contributed by atoms with Crippen LogP contribution in [0, 0.1) is 29.1 Å². The molecule has 1 heterocycles. The van der Waals surface area contributed by atoms with Crippen molar-refractivity contribution in [2.75, 3.05) is 0 Å². The molecule has 4 aliphatic rings. The lowest BCUT2D eigenvalue weighted by atomic mass is 9.47. The van der Waals surface area contributed by atoms with Crippen LogP contribution in [-0.4, -0.2) is 50.8 Å². The molecule has 0 bridgehead atoms. The zero-order chi connectivity index (χ0) is 26.7. The molecule has 1 unspecified atom stereocenters. The molecule has 1 aliphatic heterocycles. The highest BCUT2D eigenvalue weighted by Crippen LogP contribution is 2.65. The van der Waals surface area contributed by atoms with Gasteiger partial charge in [-0.3, -0.25) is 14.4 Å². The number of ether oxygens (including phenoxy) is 2. The van der Waals surface area contributed by atoms with Crippen molar-refractivity contribution in [1.29, 1.82) is 0 Å². The summed E-state index contributed by atoms with van der Waals surface area (Å²) < 4.78 is 12.3. The van der Waals surface area contributed by atoms with Crippen LogP contribution in [0.1, 0.15) is 86.5 Å². The number of allylic oxidation sites excluding steroid dienone is 4. The summed E-state index contributed by atoms with van der Waals surface area (Å²) in [6.45, 7) is 10.9. The summed E-state index contributed by atoms with van der Waals surface area (Å²) in [5.41, 5.74) is -2.19. The monoisotopic (exact) mass is 502 g/mol. The molecule has 7 heteroatoms. The number of hydrogen-bond donors (Lipinski definition) is 2. The molecule has 0 aromatic carbocycles. The first kappa shape index (κ1) is 27.2. The second-order valence-electron chi connectivity index (χ2n) is 12.4. The van der Waals surface area contributed by atoms with Gasteiger partial charge in [-0.05, 0) is 68.9 Å². The molecule has 2 saturated carbocycles. The Morgan fingerprint density at radius 2 is 1.86 bits per heavy atom. The van der Waals surface area contributed by atoms with Gasteiger partial charge in [-0.15, -0.1) is 0 Å². The van der Waals surface area contributed by atoms with Crippen molar-refractivity contribution in [2.24, 2.45) is 29.1 Å². The lowest BCUT2D eigenvalue weighted by Gasteiger charge is -2.62. The molecule has 8 atom stereocenters. The van der Waals surface area contributed by atoms with E-state index in [1.807, 2.05) is 6.08 Å². The smallest absolute Gasteiger partial charge is 0.303 e. The van der Waals surface area contributed by atoms with Gasteiger partial charge in [0, 0.05) is 25.2 Å². The van der Waals surface area contributed by atoms with Crippen molar-refractivity contribution < 1.29 is 34.1 Å². The van der Waals surface area contributed by atoms with Gasteiger partial charge in [0.1, 0.15) is 23.1 Å². The average Bonchev–Trinajstić information content (AvgIpc) is 3.16. The quantitative estimate of drug-likeness (QED) is 0.527. The molecule has 1 spiro atoms. The Morgan fingerprint density at radius 1 is 1.17 bits per heavy atom. The zero-order valence-corrected chi connectivity index (χ0v) is 22.5. The van der Waals surface area contributed by atoms with Crippen molar-refractivity contribution in [3.8, 4) is 0 Å². The van der Waals surface area contributed by atoms with E-state index in [1.54, 1.807) is 26.0 Å². The van der Waals surface area contributed by atoms with Crippen molar-refractivity contribution in [1.82, 2.24) is 0 Å². The second-order valence-corrected chi connectivity index (χ2v) is 12.4. The van der Waals surface area contributed by atoms with Gasteiger partial charge < -0.3 is 19.7 Å². The maximum absolute atomic E-state index is 13.0. The molecule has 0 radical (unpaired) electrons. The Balaban J connectivity index is 1.73. The lowest BCUT2D eigenvalue weighted by molar-refractivity contribution is -0.332. The van der Waals surface area contributed by atoms with Gasteiger partial charge in [-0.2, -0.15) is 0 Å². The summed E-state index contributed by atoms with van der Waals surface area (Å²) in [6, 6.07) is 0. The summed E-state index contributed by atoms with van der Waals surface area (Å²) in [5, 5.41) is 23.7. The number of esters is 1. The SMILES string of the molecule is CC(=O)O[C@H]1C[C@H]2[C@@H](CCC3=CC(=O)C=C[C@@]32C)[C@]2(CC[C@@](O)(C(C)C(=O)CCC(C)C)O2)[C@@]1(C)O. The summed E-state index contributed by atoms with van der Waals surface area (Å²) >= 11 is 0. The van der Waals surface area contributed by atoms with E-state index in [0.717, 1.165) is 12.0 Å². The summed E-state index contributed by atoms with van der Waals surface area (Å²) in [4.78, 5) is 37.2. The molecule has 0 aromatic rings. The van der Waals surface area contributed by atoms with Crippen LogP contribution in [0.5, 0.6) is 0 Å². The minimum Gasteiger partial charge on any atom is -0.459 e. The number of aliphatic hydroxyl groups is 2. The van der Waals surface area contributed by atoms with E-state index in [2.05, 4.69) is 20.8 Å². The molecule has 7 nitrogen and oxygen atoms in total. The Morgan fingerprint density at radius 3 is 2.50 bits per heavy atom. The van der Waals surface area contributed by atoms with Crippen LogP contribution >= 0.6 is 0 Å². The Labute approximate surface area is 214 Å². The first-order valence-electron chi connectivity index (χ1n) is 13.5. The minimum absolute atomic E-state index is 0.0322. The van der Waals surface area contributed by atoms with Crippen LogP contribution in [0.2, 0.25) is 0 Å². The van der Waals surface area contributed by atoms with Crippen molar-refractivity contribution >= 4 is 17.5 Å². The van der Waals surface area contributed by atoms with Crippen LogP contribution in [-0.2, 0) is 23.9 Å². The minimum atomic E-state index is -1.71. The number of hydrogen-bond acceptors (Lipinski definition) is 7. The Kier molecular flexibility index (Phi) is 6.93. The molecule has 0 aromatic heterocycles. The highest BCUT2D eigenvalue weighted by atomic mass is 16.7. The van der Waals surface area contributed by atoms with Gasteiger partial charge in [0.15, 0.2) is 11.6 Å². The van der Waals surface area contributed by atoms with Crippen molar-refractivity contribution in [3.05, 3.63) is 23.8 Å². The van der Waals surface area contributed by atoms with Crippen LogP contribution in [0.3, 0.4) is 0 Å². The molecule has 1 saturated heterocycles. The van der Waals surface area contributed by atoms with E-state index in [4.69, 9.17) is 9.47 Å². The van der Waals surface area contributed by atoms with Crippen molar-refractivity contribution in [2.45, 2.75) is 110 Å². The van der Waals surface area contributed by atoms with Crippen LogP contribution in [0.4, 0.5) is 0 Å². The highest BCUT2D eigenvalue weighted by Gasteiger charge is 2.71. The standard InChI is InChI=1S/C29H42O7/c1-17(2)7-10-24(32)18(3)29(34)14-13-28(36-29)22-9-8-20-15-21(31)11-12-26(20,5)23(22)16-25(27(28,6)33)35-19(4)30/h11-12,15,17-18,22-23,25,33-34H,7-10,13-14,16H2,1-6H3/t18?,22-,23+,25+,26+,27+,28-,29+/m1/s1. The third kappa shape index (κ3) is 4.21. The third-order valence-electron chi connectivity index (χ3n) is 9.78. The fraction of sp³-hybridized carbons (Fsp3) is 0.759. The molecule has 4 rings (SSSR count). The molecular weight excluding hydrogens is 460 g/mol. The molecule has 200 valence electrons. The van der Waals surface area contributed by atoms with Crippen LogP contribution < -0.4 is 0 Å². The summed E-state index contributed by atoms with van der Waals surface area (Å²) in [5.74, 6) is -2.91. The largest absolute Gasteiger partial charge is 0.459 e. The lowest BCUT2D eigenvalue weighted by Crippen LogP contribution is -2.71. The Hall–Kier alpha value is -1.83. The second kappa shape index (κ2) is 9.17. The zero-order valence-electron chi connectivity index (χ0n) is 22.5. The van der Waals surface area contributed by atoms with E-state index >= 15 is 0 Å². The first-order chi connectivity index (χ1) is 16.7. The van der Waals surface area contributed by atoms with Gasteiger partial charge >= 0.3 is 5.97 Å². The van der Waals surface area contributed by atoms with E-state index < -0.39 is 40.4 Å². The molecule has 36 heavy (non-hydrogen) atoms. The number of carbonyl (C=O) groups is 3. The predicted octanol–water partition coefficient (Wildman–Crippen LogP) is 4.05. The fourth-order valence-corrected chi connectivity index (χ4v) is 7.41. The Bertz CT molecular complexity index is 994. The number of ketones is 2. The molecular formula is C29H42O7. The fourth-order valence-electron chi connectivity index (χ4n) is 7.41. The first-order valence-corrected chi connectivity index (χ1v) is 13.5. The predicted molar refractivity (Wildman–Crippen MR) is 134 cm³/mol. The highest BCUT2D eigenvalue weighted by molar-refractivity contribution is 6.01. The van der Waals surface area contributed by atoms with E-state index in [0.29, 0.717) is 38.0 Å². The normalized spacial score (nSPS) is 42.6. The van der Waals surface area contributed by atoms with Crippen molar-refractivity contribution in [3.63, 3.8) is 0 Å². The topological polar surface area (TPSA) is 110 Å². The van der Waals surface area contributed by atoms with Gasteiger partial charge in [0.2, 0.25) is 0 Å². The molecule has 2 N–H and O–H groups in total. The summed E-state index contributed by atoms with van der Waals surface area (Å²) in [7, 11) is 0. The van der Waals surface area contributed by atoms with Gasteiger partial charge in [-0.25, -0.2) is 0 Å². The van der Waals surface area contributed by atoms with E-state index in [9.17, 15) is 24.6 Å². The average molecular weight is 503 g/mol. The number of carbonyl (C=O) groups excluding carboxylic acids is 3. The number of Topliss-reactive ketones (excluding diaryl/α,β-unsaturated/α-hetero) is 1. The van der Waals surface area contributed by atoms with E-state index in [-0.39, 0.29) is 29.8 Å². The molecule has 3 aliphatic carbocycles. The van der Waals surface area contributed by atoms with Crippen LogP contribution in [0.15, 0.2) is 23.8 Å². The van der Waals surface area contributed by atoms with Gasteiger partial charge in [-0.1, -0.05) is 39.3 Å². The van der Waals surface area contributed by atoms with Crippen LogP contribution in [0.25, 0.3) is 0 Å². The molecule has 0 amide bonds. The summed E-state index contributed by atoms with van der Waals surface area (Å²) in [6.07, 6.45) is 7.79. The molecule has 3 fully saturated rings. The number of fused-ring (bicyclic) bond motifs is 4. The number of rotatable bonds is 6. The maximum Gasteiger partial charge on any atom is 0.303 e. The van der Waals surface area contributed by atoms with E-state index in [1.165, 1.54) is 6.92 Å². The van der Waals surface area contributed by atoms with Gasteiger partial charge in [0.05, 0.1) is 5.92 Å².